The van der Waals surface area contributed by atoms with E-state index in [2.05, 4.69) is 31.5 Å². The van der Waals surface area contributed by atoms with Gasteiger partial charge in [-0.1, -0.05) is 0 Å². The van der Waals surface area contributed by atoms with Crippen LogP contribution in [-0.2, 0) is 13.1 Å². The molecule has 0 saturated carbocycles. The third kappa shape index (κ3) is 3.33. The van der Waals surface area contributed by atoms with Gasteiger partial charge in [0.25, 0.3) is 0 Å². The topological polar surface area (TPSA) is 64.0 Å². The first kappa shape index (κ1) is 13.9. The number of aromatic nitrogens is 3. The van der Waals surface area contributed by atoms with Crippen molar-refractivity contribution in [2.75, 3.05) is 25.5 Å². The molecule has 0 fully saturated rings. The number of fused-ring (bicyclic) bond motifs is 1. The Balaban J connectivity index is 1.50. The fourth-order valence-electron chi connectivity index (χ4n) is 2.61. The first-order valence-corrected chi connectivity index (χ1v) is 7.22. The van der Waals surface area contributed by atoms with Gasteiger partial charge >= 0.3 is 0 Å². The van der Waals surface area contributed by atoms with Crippen LogP contribution >= 0.6 is 0 Å². The van der Waals surface area contributed by atoms with Crippen molar-refractivity contribution in [3.8, 4) is 5.88 Å². The quantitative estimate of drug-likeness (QED) is 0.871. The number of hydrogen-bond acceptors (Lipinski definition) is 5. The maximum Gasteiger partial charge on any atom is 0.213 e. The van der Waals surface area contributed by atoms with Gasteiger partial charge < -0.3 is 15.4 Å². The fourth-order valence-corrected chi connectivity index (χ4v) is 2.61. The molecule has 1 atom stereocenters. The Hall–Kier alpha value is -2.08. The van der Waals surface area contributed by atoms with Gasteiger partial charge in [0.2, 0.25) is 5.88 Å². The van der Waals surface area contributed by atoms with Crippen molar-refractivity contribution in [1.82, 2.24) is 20.1 Å². The minimum Gasteiger partial charge on any atom is -0.481 e. The van der Waals surface area contributed by atoms with Crippen molar-refractivity contribution in [2.24, 2.45) is 5.92 Å². The number of rotatable bonds is 5. The van der Waals surface area contributed by atoms with E-state index in [0.29, 0.717) is 11.8 Å². The van der Waals surface area contributed by atoms with Gasteiger partial charge in [-0.2, -0.15) is 5.10 Å². The molecule has 3 rings (SSSR count). The van der Waals surface area contributed by atoms with Gasteiger partial charge in [0.1, 0.15) is 5.82 Å². The van der Waals surface area contributed by atoms with Crippen molar-refractivity contribution in [1.29, 1.82) is 0 Å². The molecule has 0 saturated heterocycles. The van der Waals surface area contributed by atoms with E-state index in [-0.39, 0.29) is 0 Å². The van der Waals surface area contributed by atoms with Crippen LogP contribution in [0.1, 0.15) is 11.3 Å². The number of nitrogens with zero attached hydrogens (tertiary/aromatic N) is 3. The summed E-state index contributed by atoms with van der Waals surface area (Å²) >= 11 is 0. The molecule has 1 aliphatic rings. The standard InChI is InChI=1S/C15H21N5O/c1-11-5-14-18-9-13(10-20(14)19-11)8-16-7-12-3-4-17-15(6-12)21-2/h3-6,13,16,18H,7-10H2,1-2H3/t13-/m0/s1. The summed E-state index contributed by atoms with van der Waals surface area (Å²) in [4.78, 5) is 4.11. The van der Waals surface area contributed by atoms with Gasteiger partial charge in [-0.3, -0.25) is 0 Å². The molecule has 21 heavy (non-hydrogen) atoms. The van der Waals surface area contributed by atoms with Gasteiger partial charge in [-0.25, -0.2) is 9.67 Å². The second kappa shape index (κ2) is 6.13. The molecule has 6 heteroatoms. The highest BCUT2D eigenvalue weighted by atomic mass is 16.5. The molecule has 2 aromatic heterocycles. The lowest BCUT2D eigenvalue weighted by atomic mass is 10.1. The molecule has 0 spiro atoms. The molecule has 2 aromatic rings. The van der Waals surface area contributed by atoms with Gasteiger partial charge in [0.05, 0.1) is 12.8 Å². The first-order valence-electron chi connectivity index (χ1n) is 7.22. The summed E-state index contributed by atoms with van der Waals surface area (Å²) < 4.78 is 7.19. The van der Waals surface area contributed by atoms with Gasteiger partial charge in [0.15, 0.2) is 0 Å². The number of anilines is 1. The summed E-state index contributed by atoms with van der Waals surface area (Å²) in [6.07, 6.45) is 1.77. The van der Waals surface area contributed by atoms with E-state index in [9.17, 15) is 0 Å². The van der Waals surface area contributed by atoms with Crippen LogP contribution in [0.15, 0.2) is 24.4 Å². The maximum absolute atomic E-state index is 5.13. The normalized spacial score (nSPS) is 17.1. The summed E-state index contributed by atoms with van der Waals surface area (Å²) in [5, 5.41) is 11.4. The first-order chi connectivity index (χ1) is 10.2. The highest BCUT2D eigenvalue weighted by molar-refractivity contribution is 5.38. The highest BCUT2D eigenvalue weighted by Crippen LogP contribution is 2.18. The Morgan fingerprint density at radius 2 is 2.38 bits per heavy atom. The van der Waals surface area contributed by atoms with Crippen molar-refractivity contribution in [3.05, 3.63) is 35.7 Å². The van der Waals surface area contributed by atoms with Crippen molar-refractivity contribution in [3.63, 3.8) is 0 Å². The number of pyridine rings is 1. The monoisotopic (exact) mass is 287 g/mol. The van der Waals surface area contributed by atoms with E-state index in [1.54, 1.807) is 13.3 Å². The van der Waals surface area contributed by atoms with Gasteiger partial charge in [-0.05, 0) is 18.6 Å². The zero-order valence-corrected chi connectivity index (χ0v) is 12.5. The Morgan fingerprint density at radius 1 is 1.48 bits per heavy atom. The van der Waals surface area contributed by atoms with E-state index in [4.69, 9.17) is 4.74 Å². The molecular weight excluding hydrogens is 266 g/mol. The van der Waals surface area contributed by atoms with E-state index in [1.807, 2.05) is 19.1 Å². The summed E-state index contributed by atoms with van der Waals surface area (Å²) in [5.74, 6) is 2.33. The molecule has 3 heterocycles. The smallest absolute Gasteiger partial charge is 0.213 e. The summed E-state index contributed by atoms with van der Waals surface area (Å²) in [6.45, 7) is 5.74. The van der Waals surface area contributed by atoms with Crippen LogP contribution in [-0.4, -0.2) is 35.0 Å². The Bertz CT molecular complexity index is 610. The average molecular weight is 287 g/mol. The van der Waals surface area contributed by atoms with Crippen LogP contribution in [0, 0.1) is 12.8 Å². The van der Waals surface area contributed by atoms with Gasteiger partial charge in [0, 0.05) is 50.4 Å². The maximum atomic E-state index is 5.13. The van der Waals surface area contributed by atoms with Crippen LogP contribution in [0.25, 0.3) is 0 Å². The van der Waals surface area contributed by atoms with Crippen molar-refractivity contribution in [2.45, 2.75) is 20.0 Å². The lowest BCUT2D eigenvalue weighted by Crippen LogP contribution is -2.35. The fraction of sp³-hybridized carbons (Fsp3) is 0.467. The van der Waals surface area contributed by atoms with Crippen LogP contribution in [0.4, 0.5) is 5.82 Å². The number of aryl methyl sites for hydroxylation is 1. The lowest BCUT2D eigenvalue weighted by Gasteiger charge is -2.25. The average Bonchev–Trinajstić information content (AvgIpc) is 2.87. The van der Waals surface area contributed by atoms with E-state index >= 15 is 0 Å². The molecule has 112 valence electrons. The molecule has 0 amide bonds. The minimum atomic E-state index is 0.542. The summed E-state index contributed by atoms with van der Waals surface area (Å²) in [5.41, 5.74) is 2.25. The molecule has 1 aliphatic heterocycles. The number of hydrogen-bond donors (Lipinski definition) is 2. The largest absolute Gasteiger partial charge is 0.481 e. The molecule has 0 unspecified atom stereocenters. The number of nitrogens with one attached hydrogen (secondary N) is 2. The Morgan fingerprint density at radius 3 is 3.24 bits per heavy atom. The predicted octanol–water partition coefficient (Wildman–Crippen LogP) is 1.43. The third-order valence-electron chi connectivity index (χ3n) is 3.68. The van der Waals surface area contributed by atoms with Gasteiger partial charge in [-0.15, -0.1) is 0 Å². The Kier molecular flexibility index (Phi) is 4.06. The molecular formula is C15H21N5O. The highest BCUT2D eigenvalue weighted by Gasteiger charge is 2.18. The lowest BCUT2D eigenvalue weighted by molar-refractivity contribution is 0.388. The van der Waals surface area contributed by atoms with Crippen molar-refractivity contribution >= 4 is 5.82 Å². The van der Waals surface area contributed by atoms with Crippen molar-refractivity contribution < 1.29 is 4.74 Å². The van der Waals surface area contributed by atoms with Crippen LogP contribution in [0.2, 0.25) is 0 Å². The number of ether oxygens (including phenoxy) is 1. The Labute approximate surface area is 124 Å². The van der Waals surface area contributed by atoms with E-state index in [1.165, 1.54) is 5.56 Å². The summed E-state index contributed by atoms with van der Waals surface area (Å²) in [6, 6.07) is 6.05. The number of methoxy groups -OCH3 is 1. The second-order valence-corrected chi connectivity index (χ2v) is 5.44. The predicted molar refractivity (Wildman–Crippen MR) is 81.4 cm³/mol. The minimum absolute atomic E-state index is 0.542. The van der Waals surface area contributed by atoms with Crippen LogP contribution in [0.5, 0.6) is 5.88 Å². The van der Waals surface area contributed by atoms with E-state index < -0.39 is 0 Å². The molecule has 6 nitrogen and oxygen atoms in total. The SMILES string of the molecule is COc1cc(CNC[C@H]2CNc3cc(C)nn3C2)ccn1. The van der Waals surface area contributed by atoms with Crippen LogP contribution < -0.4 is 15.4 Å². The zero-order chi connectivity index (χ0) is 14.7. The molecule has 0 aromatic carbocycles. The molecule has 2 N–H and O–H groups in total. The molecule has 0 bridgehead atoms. The zero-order valence-electron chi connectivity index (χ0n) is 12.5. The second-order valence-electron chi connectivity index (χ2n) is 5.44. The van der Waals surface area contributed by atoms with Crippen LogP contribution in [0.3, 0.4) is 0 Å². The molecule has 0 radical (unpaired) electrons. The van der Waals surface area contributed by atoms with E-state index in [0.717, 1.165) is 37.7 Å². The summed E-state index contributed by atoms with van der Waals surface area (Å²) in [7, 11) is 1.64. The molecule has 0 aliphatic carbocycles. The third-order valence-corrected chi connectivity index (χ3v) is 3.68.